The van der Waals surface area contributed by atoms with E-state index in [1.165, 1.54) is 18.1 Å². The number of hydrogen-bond donors (Lipinski definition) is 2. The third-order valence-corrected chi connectivity index (χ3v) is 5.93. The van der Waals surface area contributed by atoms with E-state index in [0.29, 0.717) is 18.8 Å². The van der Waals surface area contributed by atoms with Crippen molar-refractivity contribution in [3.63, 3.8) is 0 Å². The van der Waals surface area contributed by atoms with E-state index in [2.05, 4.69) is 4.90 Å². The summed E-state index contributed by atoms with van der Waals surface area (Å²) in [5.74, 6) is 3.31. The number of anilines is 2. The molecule has 10 heteroatoms. The molecule has 28 heavy (non-hydrogen) atoms. The van der Waals surface area contributed by atoms with Crippen LogP contribution in [0.2, 0.25) is 0 Å². The average Bonchev–Trinajstić information content (AvgIpc) is 3.37. The first-order valence-electron chi connectivity index (χ1n) is 9.42. The number of nitrogens with zero attached hydrogens (tertiary/aromatic N) is 3. The van der Waals surface area contributed by atoms with Gasteiger partial charge in [-0.25, -0.2) is 9.40 Å². The van der Waals surface area contributed by atoms with Gasteiger partial charge in [-0.15, -0.1) is 0 Å². The second-order valence-electron chi connectivity index (χ2n) is 7.89. The van der Waals surface area contributed by atoms with Crippen molar-refractivity contribution in [3.8, 4) is 5.75 Å². The molecule has 0 aromatic heterocycles. The van der Waals surface area contributed by atoms with Gasteiger partial charge in [0.05, 0.1) is 25.4 Å². The molecule has 4 rings (SSSR count). The topological polar surface area (TPSA) is 71.0 Å². The van der Waals surface area contributed by atoms with Crippen molar-refractivity contribution in [2.75, 3.05) is 43.2 Å². The predicted octanol–water partition coefficient (Wildman–Crippen LogP) is 2.02. The molecule has 0 radical (unpaired) electrons. The van der Waals surface area contributed by atoms with Crippen molar-refractivity contribution in [3.05, 3.63) is 17.4 Å². The van der Waals surface area contributed by atoms with Crippen LogP contribution in [-0.4, -0.2) is 50.6 Å². The number of methoxy groups -OCH3 is 1. The Hall–Kier alpha value is -1.78. The van der Waals surface area contributed by atoms with E-state index in [-0.39, 0.29) is 37.1 Å². The molecule has 0 spiro atoms. The molecule has 6 nitrogen and oxygen atoms in total. The molecule has 156 valence electrons. The molecule has 0 unspecified atom stereocenters. The Labute approximate surface area is 160 Å². The molecule has 0 amide bonds. The zero-order chi connectivity index (χ0) is 20.2. The summed E-state index contributed by atoms with van der Waals surface area (Å²) in [7, 11) is 1.43. The number of hydrazine groups is 1. The predicted molar refractivity (Wildman–Crippen MR) is 97.4 cm³/mol. The maximum Gasteiger partial charge on any atom is 0.393 e. The van der Waals surface area contributed by atoms with Crippen molar-refractivity contribution in [1.29, 1.82) is 0 Å². The molecule has 3 aliphatic rings. The van der Waals surface area contributed by atoms with E-state index < -0.39 is 23.8 Å². The Morgan fingerprint density at radius 3 is 2.46 bits per heavy atom. The molecule has 2 aliphatic heterocycles. The van der Waals surface area contributed by atoms with Gasteiger partial charge < -0.3 is 20.3 Å². The summed E-state index contributed by atoms with van der Waals surface area (Å²) < 4.78 is 60.9. The van der Waals surface area contributed by atoms with Gasteiger partial charge in [0.25, 0.3) is 0 Å². The van der Waals surface area contributed by atoms with Crippen LogP contribution in [0.25, 0.3) is 0 Å². The summed E-state index contributed by atoms with van der Waals surface area (Å²) in [6.45, 7) is 0.424. The summed E-state index contributed by atoms with van der Waals surface area (Å²) in [6, 6.07) is 1.66. The average molecular weight is 403 g/mol. The molecule has 2 fully saturated rings. The molecule has 1 aromatic rings. The van der Waals surface area contributed by atoms with Gasteiger partial charge >= 0.3 is 6.18 Å². The van der Waals surface area contributed by atoms with Gasteiger partial charge in [0.1, 0.15) is 5.69 Å². The molecular formula is C18H25F4N5O. The third kappa shape index (κ3) is 3.27. The van der Waals surface area contributed by atoms with Gasteiger partial charge in [-0.2, -0.15) is 13.2 Å². The molecular weight excluding hydrogens is 378 g/mol. The van der Waals surface area contributed by atoms with Crippen LogP contribution < -0.4 is 26.1 Å². The van der Waals surface area contributed by atoms with E-state index in [0.717, 1.165) is 18.5 Å². The number of fused-ring (bicyclic) bond motifs is 1. The molecule has 1 saturated carbocycles. The van der Waals surface area contributed by atoms with Crippen molar-refractivity contribution in [1.82, 2.24) is 5.01 Å². The Morgan fingerprint density at radius 1 is 1.21 bits per heavy atom. The maximum atomic E-state index is 15.1. The first kappa shape index (κ1) is 19.5. The summed E-state index contributed by atoms with van der Waals surface area (Å²) in [5, 5.41) is 1.60. The van der Waals surface area contributed by atoms with Crippen molar-refractivity contribution < 1.29 is 22.3 Å². The van der Waals surface area contributed by atoms with E-state index in [1.807, 2.05) is 0 Å². The zero-order valence-corrected chi connectivity index (χ0v) is 15.7. The summed E-state index contributed by atoms with van der Waals surface area (Å²) >= 11 is 0. The number of benzene rings is 1. The van der Waals surface area contributed by atoms with E-state index in [1.54, 1.807) is 5.01 Å². The summed E-state index contributed by atoms with van der Waals surface area (Å²) in [5.41, 5.74) is 7.09. The summed E-state index contributed by atoms with van der Waals surface area (Å²) in [6.07, 6.45) is -2.38. The molecule has 2 atom stereocenters. The number of alkyl halides is 3. The van der Waals surface area contributed by atoms with Crippen molar-refractivity contribution in [2.24, 2.45) is 23.4 Å². The number of hydrogen-bond acceptors (Lipinski definition) is 6. The Bertz CT molecular complexity index is 754. The molecule has 1 saturated heterocycles. The first-order chi connectivity index (χ1) is 13.2. The number of rotatable bonds is 4. The highest BCUT2D eigenvalue weighted by molar-refractivity contribution is 5.78. The van der Waals surface area contributed by atoms with E-state index >= 15 is 4.39 Å². The quantitative estimate of drug-likeness (QED) is 0.592. The minimum Gasteiger partial charge on any atom is -0.492 e. The van der Waals surface area contributed by atoms with E-state index in [9.17, 15) is 13.2 Å². The van der Waals surface area contributed by atoms with E-state index in [4.69, 9.17) is 16.3 Å². The number of halogens is 4. The van der Waals surface area contributed by atoms with Gasteiger partial charge in [0, 0.05) is 31.6 Å². The molecule has 4 N–H and O–H groups in total. The van der Waals surface area contributed by atoms with Crippen LogP contribution in [-0.2, 0) is 6.54 Å². The fourth-order valence-corrected chi connectivity index (χ4v) is 4.46. The third-order valence-electron chi connectivity index (χ3n) is 5.93. The lowest BCUT2D eigenvalue weighted by atomic mass is 9.96. The van der Waals surface area contributed by atoms with Gasteiger partial charge in [0.2, 0.25) is 0 Å². The first-order valence-corrected chi connectivity index (χ1v) is 9.42. The van der Waals surface area contributed by atoms with Gasteiger partial charge in [-0.3, -0.25) is 5.84 Å². The standard InChI is InChI=1S/C18H25F4N5O/c1-28-17-15-10(7-26(24)9-27(15)12-2-3-12)4-14(19)16(17)25-6-11(5-23)13(8-25)18(20,21)22/h4,11-13H,2-3,5-9,23-24H2,1H3/t11-,13-/m1/s1. The maximum absolute atomic E-state index is 15.1. The molecule has 0 bridgehead atoms. The fourth-order valence-electron chi connectivity index (χ4n) is 4.46. The minimum atomic E-state index is -4.38. The molecule has 1 aliphatic carbocycles. The second-order valence-corrected chi connectivity index (χ2v) is 7.89. The molecule has 1 aromatic carbocycles. The number of ether oxygens (including phenoxy) is 1. The van der Waals surface area contributed by atoms with Crippen LogP contribution in [0, 0.1) is 17.7 Å². The van der Waals surface area contributed by atoms with Crippen molar-refractivity contribution in [2.45, 2.75) is 31.6 Å². The highest BCUT2D eigenvalue weighted by Crippen LogP contribution is 2.50. The zero-order valence-electron chi connectivity index (χ0n) is 15.7. The van der Waals surface area contributed by atoms with Crippen LogP contribution in [0.15, 0.2) is 6.07 Å². The second kappa shape index (κ2) is 6.93. The van der Waals surface area contributed by atoms with Gasteiger partial charge in [-0.05, 0) is 31.0 Å². The SMILES string of the molecule is COc1c(N2C[C@@H](CN)[C@H](C(F)(F)F)C2)c(F)cc2c1N(C1CC1)CN(N)C2. The summed E-state index contributed by atoms with van der Waals surface area (Å²) in [4.78, 5) is 3.50. The van der Waals surface area contributed by atoms with Crippen LogP contribution in [0.3, 0.4) is 0 Å². The van der Waals surface area contributed by atoms with Crippen LogP contribution in [0.1, 0.15) is 18.4 Å². The Morgan fingerprint density at radius 2 is 1.93 bits per heavy atom. The molecule has 2 heterocycles. The fraction of sp³-hybridized carbons (Fsp3) is 0.667. The lowest BCUT2D eigenvalue weighted by molar-refractivity contribution is -0.178. The smallest absolute Gasteiger partial charge is 0.393 e. The lowest BCUT2D eigenvalue weighted by Crippen LogP contribution is -2.47. The largest absolute Gasteiger partial charge is 0.492 e. The normalized spacial score (nSPS) is 26.0. The Kier molecular flexibility index (Phi) is 4.83. The minimum absolute atomic E-state index is 0.0409. The van der Waals surface area contributed by atoms with Gasteiger partial charge in [-0.1, -0.05) is 0 Å². The van der Waals surface area contributed by atoms with Gasteiger partial charge in [0.15, 0.2) is 11.6 Å². The van der Waals surface area contributed by atoms with Crippen LogP contribution in [0.4, 0.5) is 28.9 Å². The lowest BCUT2D eigenvalue weighted by Gasteiger charge is -2.38. The highest BCUT2D eigenvalue weighted by atomic mass is 19.4. The van der Waals surface area contributed by atoms with Crippen molar-refractivity contribution >= 4 is 11.4 Å². The Balaban J connectivity index is 1.77. The van der Waals surface area contributed by atoms with Crippen LogP contribution >= 0.6 is 0 Å². The monoisotopic (exact) mass is 403 g/mol. The highest BCUT2D eigenvalue weighted by Gasteiger charge is 2.50. The van der Waals surface area contributed by atoms with Crippen LogP contribution in [0.5, 0.6) is 5.75 Å². The number of nitrogens with two attached hydrogens (primary N) is 2.